The van der Waals surface area contributed by atoms with Crippen LogP contribution in [0.5, 0.6) is 0 Å². The second-order valence-corrected chi connectivity index (χ2v) is 6.16. The molecule has 0 aromatic carbocycles. The van der Waals surface area contributed by atoms with Crippen LogP contribution in [0.3, 0.4) is 0 Å². The van der Waals surface area contributed by atoms with Gasteiger partial charge in [-0.25, -0.2) is 0 Å². The lowest BCUT2D eigenvalue weighted by Crippen LogP contribution is -2.13. The molecule has 0 amide bonds. The molecule has 0 atom stereocenters. The summed E-state index contributed by atoms with van der Waals surface area (Å²) in [5.74, 6) is 1.00. The monoisotopic (exact) mass is 272 g/mol. The molecule has 2 aromatic rings. The Morgan fingerprint density at radius 2 is 1.25 bits per heavy atom. The van der Waals surface area contributed by atoms with Gasteiger partial charge in [-0.1, -0.05) is 27.7 Å². The van der Waals surface area contributed by atoms with E-state index in [4.69, 9.17) is 0 Å². The van der Waals surface area contributed by atoms with E-state index in [0.717, 1.165) is 12.8 Å². The van der Waals surface area contributed by atoms with Crippen LogP contribution >= 0.6 is 0 Å². The molecule has 0 fully saturated rings. The van der Waals surface area contributed by atoms with Gasteiger partial charge in [0.2, 0.25) is 0 Å². The highest BCUT2D eigenvalue weighted by atomic mass is 14.8. The van der Waals surface area contributed by atoms with Gasteiger partial charge in [0.1, 0.15) is 0 Å². The molecule has 0 spiro atoms. The molecule has 2 heteroatoms. The number of aromatic amines is 2. The molecular formula is C18H28N2. The number of nitrogens with one attached hydrogen (secondary N) is 2. The van der Waals surface area contributed by atoms with Crippen LogP contribution in [0.4, 0.5) is 0 Å². The van der Waals surface area contributed by atoms with Gasteiger partial charge in [-0.3, -0.25) is 0 Å². The minimum atomic E-state index is 0.433. The predicted octanol–water partition coefficient (Wildman–Crippen LogP) is 4.87. The summed E-state index contributed by atoms with van der Waals surface area (Å²) < 4.78 is 0. The van der Waals surface area contributed by atoms with Crippen molar-refractivity contribution in [3.63, 3.8) is 0 Å². The first kappa shape index (κ1) is 15.0. The molecule has 2 nitrogen and oxygen atoms in total. The highest BCUT2D eigenvalue weighted by Crippen LogP contribution is 2.36. The summed E-state index contributed by atoms with van der Waals surface area (Å²) in [4.78, 5) is 7.09. The quantitative estimate of drug-likeness (QED) is 0.778. The zero-order chi connectivity index (χ0) is 14.9. The number of hydrogen-bond donors (Lipinski definition) is 2. The van der Waals surface area contributed by atoms with E-state index >= 15 is 0 Å². The van der Waals surface area contributed by atoms with Gasteiger partial charge in [-0.15, -0.1) is 0 Å². The van der Waals surface area contributed by atoms with Gasteiger partial charge in [-0.05, 0) is 54.9 Å². The number of aromatic nitrogens is 2. The van der Waals surface area contributed by atoms with Crippen LogP contribution in [0.15, 0.2) is 12.4 Å². The van der Waals surface area contributed by atoms with Crippen molar-refractivity contribution in [2.45, 2.75) is 60.3 Å². The Morgan fingerprint density at radius 3 is 1.55 bits per heavy atom. The zero-order valence-electron chi connectivity index (χ0n) is 13.7. The first-order chi connectivity index (χ1) is 9.51. The van der Waals surface area contributed by atoms with Gasteiger partial charge in [0.25, 0.3) is 0 Å². The largest absolute Gasteiger partial charge is 0.364 e. The molecule has 20 heavy (non-hydrogen) atoms. The molecule has 110 valence electrons. The molecule has 0 saturated heterocycles. The van der Waals surface area contributed by atoms with E-state index in [1.165, 1.54) is 33.6 Å². The normalized spacial score (nSPS) is 11.8. The van der Waals surface area contributed by atoms with E-state index in [-0.39, 0.29) is 0 Å². The third-order valence-electron chi connectivity index (χ3n) is 4.49. The van der Waals surface area contributed by atoms with Crippen molar-refractivity contribution >= 4 is 0 Å². The maximum absolute atomic E-state index is 3.55. The van der Waals surface area contributed by atoms with Crippen molar-refractivity contribution in [2.24, 2.45) is 5.92 Å². The van der Waals surface area contributed by atoms with Gasteiger partial charge in [-0.2, -0.15) is 0 Å². The molecule has 0 radical (unpaired) electrons. The Balaban J connectivity index is 2.56. The van der Waals surface area contributed by atoms with Crippen LogP contribution in [0.2, 0.25) is 0 Å². The molecule has 0 aliphatic heterocycles. The van der Waals surface area contributed by atoms with E-state index in [1.54, 1.807) is 0 Å². The van der Waals surface area contributed by atoms with Crippen LogP contribution in [-0.4, -0.2) is 9.97 Å². The minimum absolute atomic E-state index is 0.433. The number of rotatable bonds is 5. The van der Waals surface area contributed by atoms with Crippen molar-refractivity contribution in [3.8, 4) is 0 Å². The average molecular weight is 272 g/mol. The van der Waals surface area contributed by atoms with Gasteiger partial charge in [0.15, 0.2) is 0 Å². The first-order valence-electron chi connectivity index (χ1n) is 7.84. The highest BCUT2D eigenvalue weighted by Gasteiger charge is 2.26. The average Bonchev–Trinajstić information content (AvgIpc) is 2.94. The second kappa shape index (κ2) is 5.90. The number of hydrogen-bond acceptors (Lipinski definition) is 0. The third kappa shape index (κ3) is 2.44. The summed E-state index contributed by atoms with van der Waals surface area (Å²) in [5.41, 5.74) is 8.54. The molecule has 0 aliphatic carbocycles. The Morgan fingerprint density at radius 1 is 0.850 bits per heavy atom. The maximum atomic E-state index is 3.55. The predicted molar refractivity (Wildman–Crippen MR) is 86.5 cm³/mol. The molecule has 2 aromatic heterocycles. The van der Waals surface area contributed by atoms with Gasteiger partial charge >= 0.3 is 0 Å². The first-order valence-corrected chi connectivity index (χ1v) is 7.84. The van der Waals surface area contributed by atoms with Crippen LogP contribution in [0.25, 0.3) is 0 Å². The minimum Gasteiger partial charge on any atom is -0.364 e. The Bertz CT molecular complexity index is 524. The number of aryl methyl sites for hydroxylation is 2. The van der Waals surface area contributed by atoms with Crippen LogP contribution in [0.1, 0.15) is 67.3 Å². The highest BCUT2D eigenvalue weighted by molar-refractivity contribution is 5.41. The lowest BCUT2D eigenvalue weighted by atomic mass is 9.84. The van der Waals surface area contributed by atoms with Crippen molar-refractivity contribution in [1.82, 2.24) is 9.97 Å². The fourth-order valence-electron chi connectivity index (χ4n) is 3.45. The third-order valence-corrected chi connectivity index (χ3v) is 4.49. The molecule has 2 heterocycles. The Hall–Kier alpha value is -1.44. The molecule has 0 unspecified atom stereocenters. The molecule has 2 rings (SSSR count). The summed E-state index contributed by atoms with van der Waals surface area (Å²) in [6.45, 7) is 13.5. The molecule has 0 saturated carbocycles. The summed E-state index contributed by atoms with van der Waals surface area (Å²) >= 11 is 0. The van der Waals surface area contributed by atoms with Crippen molar-refractivity contribution in [1.29, 1.82) is 0 Å². The van der Waals surface area contributed by atoms with E-state index in [2.05, 4.69) is 63.9 Å². The fourth-order valence-corrected chi connectivity index (χ4v) is 3.45. The molecule has 0 bridgehead atoms. The Labute approximate surface area is 123 Å². The van der Waals surface area contributed by atoms with Gasteiger partial charge in [0, 0.05) is 29.7 Å². The van der Waals surface area contributed by atoms with Gasteiger partial charge in [0.05, 0.1) is 0 Å². The molecular weight excluding hydrogens is 244 g/mol. The summed E-state index contributed by atoms with van der Waals surface area (Å²) in [5, 5.41) is 0. The SMILES string of the molecule is CCc1c(C)c[nH]c1C(c1[nH]cc(C)c1CC)C(C)C. The zero-order valence-corrected chi connectivity index (χ0v) is 13.7. The second-order valence-electron chi connectivity index (χ2n) is 6.16. The van der Waals surface area contributed by atoms with E-state index in [9.17, 15) is 0 Å². The standard InChI is InChI=1S/C18H28N2/c1-7-14-12(5)9-19-17(14)16(11(3)4)18-15(8-2)13(6)10-20-18/h9-11,16,19-20H,7-8H2,1-6H3. The van der Waals surface area contributed by atoms with Crippen molar-refractivity contribution in [3.05, 3.63) is 46.0 Å². The smallest absolute Gasteiger partial charge is 0.0420 e. The van der Waals surface area contributed by atoms with Crippen LogP contribution in [0, 0.1) is 19.8 Å². The van der Waals surface area contributed by atoms with Gasteiger partial charge < -0.3 is 9.97 Å². The van der Waals surface area contributed by atoms with Crippen molar-refractivity contribution in [2.75, 3.05) is 0 Å². The lowest BCUT2D eigenvalue weighted by molar-refractivity contribution is 0.538. The maximum Gasteiger partial charge on any atom is 0.0420 e. The topological polar surface area (TPSA) is 31.6 Å². The summed E-state index contributed by atoms with van der Waals surface area (Å²) in [6, 6.07) is 0. The fraction of sp³-hybridized carbons (Fsp3) is 0.556. The van der Waals surface area contributed by atoms with E-state index in [0.29, 0.717) is 11.8 Å². The summed E-state index contributed by atoms with van der Waals surface area (Å²) in [7, 11) is 0. The molecule has 2 N–H and O–H groups in total. The van der Waals surface area contributed by atoms with Crippen LogP contribution < -0.4 is 0 Å². The Kier molecular flexibility index (Phi) is 4.42. The molecule has 0 aliphatic rings. The summed E-state index contributed by atoms with van der Waals surface area (Å²) in [6.07, 6.45) is 6.50. The van der Waals surface area contributed by atoms with Crippen LogP contribution in [-0.2, 0) is 12.8 Å². The van der Waals surface area contributed by atoms with Crippen molar-refractivity contribution < 1.29 is 0 Å². The number of H-pyrrole nitrogens is 2. The lowest BCUT2D eigenvalue weighted by Gasteiger charge is -2.22. The van der Waals surface area contributed by atoms with E-state index < -0.39 is 0 Å². The van der Waals surface area contributed by atoms with E-state index in [1.807, 2.05) is 0 Å².